The molecule has 1 saturated heterocycles. The second kappa shape index (κ2) is 9.78. The summed E-state index contributed by atoms with van der Waals surface area (Å²) in [6, 6.07) is 15.9. The molecular weight excluding hydrogens is 438 g/mol. The number of fused-ring (bicyclic) bond motifs is 1. The van der Waals surface area contributed by atoms with Crippen molar-refractivity contribution < 1.29 is 9.53 Å². The van der Waals surface area contributed by atoms with E-state index in [4.69, 9.17) is 15.5 Å². The molecule has 1 fully saturated rings. The van der Waals surface area contributed by atoms with E-state index in [1.54, 1.807) is 19.4 Å². The maximum absolute atomic E-state index is 12.2. The predicted molar refractivity (Wildman–Crippen MR) is 138 cm³/mol. The average molecular weight is 470 g/mol. The van der Waals surface area contributed by atoms with Gasteiger partial charge in [0.2, 0.25) is 11.9 Å². The number of nitrogens with two attached hydrogens (primary N) is 1. The van der Waals surface area contributed by atoms with Crippen molar-refractivity contribution in [3.05, 3.63) is 77.1 Å². The van der Waals surface area contributed by atoms with Crippen molar-refractivity contribution in [2.75, 3.05) is 31.2 Å². The number of amides is 1. The third-order valence-electron chi connectivity index (χ3n) is 6.90. The van der Waals surface area contributed by atoms with Gasteiger partial charge in [-0.15, -0.1) is 0 Å². The number of aromatic nitrogens is 2. The SMILES string of the molecule is CCCC1Cc2ccccc2C(c2ccnc(Nc3cc(N)ccc3OC)n2)=C1CN1CCC1=O. The first kappa shape index (κ1) is 22.9. The van der Waals surface area contributed by atoms with E-state index in [0.717, 1.165) is 37.1 Å². The monoisotopic (exact) mass is 469 g/mol. The number of benzene rings is 2. The van der Waals surface area contributed by atoms with Gasteiger partial charge >= 0.3 is 0 Å². The minimum absolute atomic E-state index is 0.227. The van der Waals surface area contributed by atoms with Crippen LogP contribution in [0, 0.1) is 5.92 Å². The van der Waals surface area contributed by atoms with Gasteiger partial charge in [0.25, 0.3) is 0 Å². The fourth-order valence-electron chi connectivity index (χ4n) is 5.08. The van der Waals surface area contributed by atoms with Crippen LogP contribution >= 0.6 is 0 Å². The summed E-state index contributed by atoms with van der Waals surface area (Å²) < 4.78 is 5.48. The lowest BCUT2D eigenvalue weighted by molar-refractivity contribution is -0.139. The zero-order valence-electron chi connectivity index (χ0n) is 20.3. The zero-order valence-corrected chi connectivity index (χ0v) is 20.3. The first-order valence-electron chi connectivity index (χ1n) is 12.2. The van der Waals surface area contributed by atoms with Gasteiger partial charge in [0.1, 0.15) is 5.75 Å². The summed E-state index contributed by atoms with van der Waals surface area (Å²) in [6.07, 6.45) is 5.56. The van der Waals surface area contributed by atoms with Gasteiger partial charge in [-0.1, -0.05) is 37.6 Å². The smallest absolute Gasteiger partial charge is 0.227 e. The van der Waals surface area contributed by atoms with E-state index < -0.39 is 0 Å². The Kier molecular flexibility index (Phi) is 6.40. The van der Waals surface area contributed by atoms with Crippen LogP contribution in [-0.4, -0.2) is 41.0 Å². The van der Waals surface area contributed by atoms with Crippen LogP contribution in [0.3, 0.4) is 0 Å². The number of carbonyl (C=O) groups is 1. The number of nitrogen functional groups attached to an aromatic ring is 1. The minimum Gasteiger partial charge on any atom is -0.495 e. The van der Waals surface area contributed by atoms with E-state index in [-0.39, 0.29) is 5.91 Å². The van der Waals surface area contributed by atoms with Crippen LogP contribution < -0.4 is 15.8 Å². The number of anilines is 3. The standard InChI is InChI=1S/C28H31N5O2/c1-3-6-18-15-19-7-4-5-8-21(19)27(22(18)17-33-14-12-26(33)34)23-11-13-30-28(31-23)32-24-16-20(29)9-10-25(24)35-2/h4-5,7-11,13,16,18H,3,6,12,14-15,17,29H2,1-2H3,(H,30,31,32). The quantitative estimate of drug-likeness (QED) is 0.363. The Hall–Kier alpha value is -3.87. The van der Waals surface area contributed by atoms with Crippen LogP contribution in [0.5, 0.6) is 5.75 Å². The zero-order chi connectivity index (χ0) is 24.4. The third kappa shape index (κ3) is 4.58. The van der Waals surface area contributed by atoms with E-state index >= 15 is 0 Å². The Balaban J connectivity index is 1.60. The Morgan fingerprint density at radius 2 is 2.06 bits per heavy atom. The molecule has 7 nitrogen and oxygen atoms in total. The van der Waals surface area contributed by atoms with Crippen molar-refractivity contribution in [3.63, 3.8) is 0 Å². The molecule has 35 heavy (non-hydrogen) atoms. The molecule has 2 aliphatic rings. The Morgan fingerprint density at radius 1 is 1.20 bits per heavy atom. The number of carbonyl (C=O) groups excluding carboxylic acids is 1. The van der Waals surface area contributed by atoms with Crippen LogP contribution in [0.15, 0.2) is 60.3 Å². The van der Waals surface area contributed by atoms with Crippen molar-refractivity contribution in [3.8, 4) is 5.75 Å². The van der Waals surface area contributed by atoms with Crippen molar-refractivity contribution in [1.29, 1.82) is 0 Å². The van der Waals surface area contributed by atoms with Crippen molar-refractivity contribution in [2.45, 2.75) is 32.6 Å². The minimum atomic E-state index is 0.227. The Morgan fingerprint density at radius 3 is 2.80 bits per heavy atom. The molecule has 1 aromatic heterocycles. The van der Waals surface area contributed by atoms with Crippen LogP contribution in [0.4, 0.5) is 17.3 Å². The van der Waals surface area contributed by atoms with E-state index in [0.29, 0.717) is 42.0 Å². The molecule has 180 valence electrons. The molecule has 1 aliphatic carbocycles. The van der Waals surface area contributed by atoms with E-state index in [9.17, 15) is 4.79 Å². The molecule has 5 rings (SSSR count). The van der Waals surface area contributed by atoms with Gasteiger partial charge in [0, 0.05) is 37.0 Å². The lowest BCUT2D eigenvalue weighted by Gasteiger charge is -2.37. The van der Waals surface area contributed by atoms with Gasteiger partial charge < -0.3 is 20.7 Å². The number of hydrogen-bond donors (Lipinski definition) is 2. The molecule has 3 N–H and O–H groups in total. The number of methoxy groups -OCH3 is 1. The van der Waals surface area contributed by atoms with Crippen molar-refractivity contribution >= 4 is 28.8 Å². The third-order valence-corrected chi connectivity index (χ3v) is 6.90. The largest absolute Gasteiger partial charge is 0.495 e. The summed E-state index contributed by atoms with van der Waals surface area (Å²) in [7, 11) is 1.62. The lowest BCUT2D eigenvalue weighted by atomic mass is 9.75. The fourth-order valence-corrected chi connectivity index (χ4v) is 5.08. The normalized spacial score (nSPS) is 17.1. The van der Waals surface area contributed by atoms with Gasteiger partial charge in [-0.05, 0) is 59.7 Å². The van der Waals surface area contributed by atoms with Gasteiger partial charge in [0.15, 0.2) is 0 Å². The van der Waals surface area contributed by atoms with Crippen molar-refractivity contribution in [2.24, 2.45) is 5.92 Å². The van der Waals surface area contributed by atoms with Crippen LogP contribution in [0.25, 0.3) is 5.57 Å². The maximum atomic E-state index is 12.2. The highest BCUT2D eigenvalue weighted by atomic mass is 16.5. The molecule has 0 radical (unpaired) electrons. The number of β-lactam (4-membered cyclic amide) rings is 1. The number of hydrogen-bond acceptors (Lipinski definition) is 6. The average Bonchev–Trinajstić information content (AvgIpc) is 2.86. The molecule has 0 bridgehead atoms. The highest BCUT2D eigenvalue weighted by molar-refractivity contribution is 5.86. The highest BCUT2D eigenvalue weighted by Crippen LogP contribution is 2.41. The molecule has 1 unspecified atom stereocenters. The molecule has 2 aromatic carbocycles. The summed E-state index contributed by atoms with van der Waals surface area (Å²) in [4.78, 5) is 23.6. The summed E-state index contributed by atoms with van der Waals surface area (Å²) >= 11 is 0. The maximum Gasteiger partial charge on any atom is 0.227 e. The first-order chi connectivity index (χ1) is 17.1. The van der Waals surface area contributed by atoms with Crippen molar-refractivity contribution in [1.82, 2.24) is 14.9 Å². The molecule has 3 aromatic rings. The molecule has 1 atom stereocenters. The molecule has 0 saturated carbocycles. The van der Waals surface area contributed by atoms with Gasteiger partial charge in [-0.3, -0.25) is 4.79 Å². The number of rotatable bonds is 8. The Bertz CT molecular complexity index is 1290. The highest BCUT2D eigenvalue weighted by Gasteiger charge is 2.32. The van der Waals surface area contributed by atoms with Crippen LogP contribution in [-0.2, 0) is 11.2 Å². The number of nitrogens with zero attached hydrogens (tertiary/aromatic N) is 3. The summed E-state index contributed by atoms with van der Waals surface area (Å²) in [5, 5.41) is 3.27. The predicted octanol–water partition coefficient (Wildman–Crippen LogP) is 4.82. The van der Waals surface area contributed by atoms with Crippen LogP contribution in [0.2, 0.25) is 0 Å². The lowest BCUT2D eigenvalue weighted by Crippen LogP contribution is -2.45. The molecule has 2 heterocycles. The van der Waals surface area contributed by atoms with Gasteiger partial charge in [0.05, 0.1) is 18.5 Å². The van der Waals surface area contributed by atoms with Gasteiger partial charge in [-0.2, -0.15) is 0 Å². The number of nitrogens with one attached hydrogen (secondary N) is 1. The topological polar surface area (TPSA) is 93.4 Å². The summed E-state index contributed by atoms with van der Waals surface area (Å²) in [5.41, 5.74) is 13.1. The molecule has 0 spiro atoms. The molecule has 7 heteroatoms. The van der Waals surface area contributed by atoms with E-state index in [2.05, 4.69) is 41.5 Å². The van der Waals surface area contributed by atoms with E-state index in [1.807, 2.05) is 23.1 Å². The Labute approximate surface area is 206 Å². The van der Waals surface area contributed by atoms with Crippen LogP contribution in [0.1, 0.15) is 43.0 Å². The number of likely N-dealkylation sites (tertiary alicyclic amines) is 1. The molecule has 1 amide bonds. The molecule has 1 aliphatic heterocycles. The van der Waals surface area contributed by atoms with E-state index in [1.165, 1.54) is 16.7 Å². The first-order valence-corrected chi connectivity index (χ1v) is 12.2. The molecular formula is C28H31N5O2. The second-order valence-corrected chi connectivity index (χ2v) is 9.16. The summed E-state index contributed by atoms with van der Waals surface area (Å²) in [6.45, 7) is 3.70. The summed E-state index contributed by atoms with van der Waals surface area (Å²) in [5.74, 6) is 1.73. The van der Waals surface area contributed by atoms with Gasteiger partial charge in [-0.25, -0.2) is 9.97 Å². The number of ether oxygens (including phenoxy) is 1. The fraction of sp³-hybridized carbons (Fsp3) is 0.321. The second-order valence-electron chi connectivity index (χ2n) is 9.16.